The topological polar surface area (TPSA) is 78.7 Å². The predicted octanol–water partition coefficient (Wildman–Crippen LogP) is 4.09. The van der Waals surface area contributed by atoms with Crippen molar-refractivity contribution < 1.29 is 4.79 Å². The lowest BCUT2D eigenvalue weighted by Gasteiger charge is -2.07. The summed E-state index contributed by atoms with van der Waals surface area (Å²) in [5.74, 6) is 0.899. The number of fused-ring (bicyclic) bond motifs is 3. The quantitative estimate of drug-likeness (QED) is 0.545. The van der Waals surface area contributed by atoms with Gasteiger partial charge in [0.2, 0.25) is 5.91 Å². The highest BCUT2D eigenvalue weighted by atomic mass is 32.2. The highest BCUT2D eigenvalue weighted by Crippen LogP contribution is 2.40. The van der Waals surface area contributed by atoms with E-state index in [9.17, 15) is 4.79 Å². The maximum Gasteiger partial charge on any atom is 0.234 e. The van der Waals surface area contributed by atoms with Crippen LogP contribution in [0.3, 0.4) is 0 Å². The smallest absolute Gasteiger partial charge is 0.234 e. The Hall–Kier alpha value is -2.43. The van der Waals surface area contributed by atoms with E-state index in [1.54, 1.807) is 35.6 Å². The van der Waals surface area contributed by atoms with Crippen LogP contribution in [0.2, 0.25) is 0 Å². The van der Waals surface area contributed by atoms with Crippen LogP contribution in [0.1, 0.15) is 28.2 Å². The number of nitrogens with zero attached hydrogens (tertiary/aromatic N) is 3. The van der Waals surface area contributed by atoms with E-state index in [0.29, 0.717) is 11.3 Å². The monoisotopic (exact) mass is 380 g/mol. The van der Waals surface area contributed by atoms with Crippen LogP contribution in [0.25, 0.3) is 10.2 Å². The minimum absolute atomic E-state index is 0.110. The van der Waals surface area contributed by atoms with Gasteiger partial charge in [-0.1, -0.05) is 17.8 Å². The summed E-state index contributed by atoms with van der Waals surface area (Å²) in [7, 11) is 0. The summed E-state index contributed by atoms with van der Waals surface area (Å²) in [6, 6.07) is 8.99. The molecule has 1 aliphatic rings. The average Bonchev–Trinajstić information content (AvgIpc) is 3.20. The largest absolute Gasteiger partial charge is 0.325 e. The van der Waals surface area contributed by atoms with Crippen LogP contribution >= 0.6 is 23.1 Å². The van der Waals surface area contributed by atoms with Gasteiger partial charge >= 0.3 is 0 Å². The van der Waals surface area contributed by atoms with E-state index >= 15 is 0 Å². The van der Waals surface area contributed by atoms with Gasteiger partial charge in [-0.05, 0) is 49.9 Å². The molecule has 0 saturated heterocycles. The molecule has 0 aliphatic heterocycles. The maximum absolute atomic E-state index is 12.3. The first-order chi connectivity index (χ1) is 12.6. The minimum atomic E-state index is -0.110. The van der Waals surface area contributed by atoms with E-state index < -0.39 is 0 Å². The van der Waals surface area contributed by atoms with Gasteiger partial charge in [0.25, 0.3) is 0 Å². The second-order valence-corrected chi connectivity index (χ2v) is 8.19. The number of hydrogen-bond donors (Lipinski definition) is 1. The lowest BCUT2D eigenvalue weighted by Crippen LogP contribution is -2.14. The van der Waals surface area contributed by atoms with E-state index in [1.807, 2.05) is 6.92 Å². The molecule has 1 aliphatic carbocycles. The third kappa shape index (κ3) is 3.30. The number of carbonyl (C=O) groups is 1. The number of anilines is 1. The Morgan fingerprint density at radius 1 is 1.38 bits per heavy atom. The molecule has 0 saturated carbocycles. The average molecular weight is 380 g/mol. The fourth-order valence-electron chi connectivity index (χ4n) is 3.17. The summed E-state index contributed by atoms with van der Waals surface area (Å²) >= 11 is 3.21. The van der Waals surface area contributed by atoms with Gasteiger partial charge in [-0.15, -0.1) is 11.3 Å². The molecule has 7 heteroatoms. The van der Waals surface area contributed by atoms with Gasteiger partial charge in [0.05, 0.1) is 17.4 Å². The Labute approximate surface area is 159 Å². The zero-order valence-electron chi connectivity index (χ0n) is 14.2. The molecule has 0 radical (unpaired) electrons. The zero-order valence-corrected chi connectivity index (χ0v) is 15.8. The van der Waals surface area contributed by atoms with Crippen molar-refractivity contribution in [3.8, 4) is 6.07 Å². The Morgan fingerprint density at radius 2 is 2.27 bits per heavy atom. The van der Waals surface area contributed by atoms with Crippen molar-refractivity contribution in [1.82, 2.24) is 9.97 Å². The number of hydrogen-bond acceptors (Lipinski definition) is 6. The number of benzene rings is 1. The van der Waals surface area contributed by atoms with Crippen molar-refractivity contribution in [1.29, 1.82) is 5.26 Å². The molecule has 3 aromatic rings. The summed E-state index contributed by atoms with van der Waals surface area (Å²) in [5.41, 5.74) is 2.53. The van der Waals surface area contributed by atoms with Gasteiger partial charge in [0.15, 0.2) is 0 Å². The second kappa shape index (κ2) is 7.06. The first kappa shape index (κ1) is 17.0. The molecule has 1 N–H and O–H groups in total. The van der Waals surface area contributed by atoms with Crippen molar-refractivity contribution >= 4 is 44.9 Å². The predicted molar refractivity (Wildman–Crippen MR) is 105 cm³/mol. The van der Waals surface area contributed by atoms with E-state index in [0.717, 1.165) is 33.9 Å². The molecule has 0 unspecified atom stereocenters. The fourth-order valence-corrected chi connectivity index (χ4v) is 5.44. The normalized spacial score (nSPS) is 12.8. The first-order valence-corrected chi connectivity index (χ1v) is 10.2. The molecular weight excluding hydrogens is 364 g/mol. The SMILES string of the molecule is Cc1nc(SCC(=O)Nc2cccc(C#N)c2)c2c3c(sc2n1)CCC3. The lowest BCUT2D eigenvalue weighted by molar-refractivity contribution is -0.113. The van der Waals surface area contributed by atoms with Crippen LogP contribution in [0.15, 0.2) is 29.3 Å². The van der Waals surface area contributed by atoms with Crippen molar-refractivity contribution in [2.24, 2.45) is 0 Å². The van der Waals surface area contributed by atoms with Crippen LogP contribution in [0.4, 0.5) is 5.69 Å². The van der Waals surface area contributed by atoms with Crippen LogP contribution in [0.5, 0.6) is 0 Å². The van der Waals surface area contributed by atoms with E-state index in [-0.39, 0.29) is 11.7 Å². The number of aryl methyl sites for hydroxylation is 3. The maximum atomic E-state index is 12.3. The Balaban J connectivity index is 1.52. The van der Waals surface area contributed by atoms with E-state index in [1.165, 1.54) is 28.6 Å². The number of thiophene rings is 1. The van der Waals surface area contributed by atoms with Crippen LogP contribution < -0.4 is 5.32 Å². The van der Waals surface area contributed by atoms with Gasteiger partial charge in [-0.3, -0.25) is 4.79 Å². The third-order valence-corrected chi connectivity index (χ3v) is 6.42. The Morgan fingerprint density at radius 3 is 3.12 bits per heavy atom. The summed E-state index contributed by atoms with van der Waals surface area (Å²) in [5, 5.41) is 13.8. The van der Waals surface area contributed by atoms with Crippen LogP contribution in [0, 0.1) is 18.3 Å². The van der Waals surface area contributed by atoms with Gasteiger partial charge in [-0.25, -0.2) is 9.97 Å². The van der Waals surface area contributed by atoms with Crippen molar-refractivity contribution in [2.75, 3.05) is 11.1 Å². The highest BCUT2D eigenvalue weighted by Gasteiger charge is 2.22. The van der Waals surface area contributed by atoms with Gasteiger partial charge in [0, 0.05) is 16.0 Å². The fraction of sp³-hybridized carbons (Fsp3) is 0.263. The molecular formula is C19H16N4OS2. The summed E-state index contributed by atoms with van der Waals surface area (Å²) in [6.45, 7) is 1.89. The number of rotatable bonds is 4. The molecule has 1 aromatic carbocycles. The molecule has 0 bridgehead atoms. The molecule has 4 rings (SSSR count). The lowest BCUT2D eigenvalue weighted by atomic mass is 10.2. The summed E-state index contributed by atoms with van der Waals surface area (Å²) in [4.78, 5) is 23.9. The molecule has 0 spiro atoms. The molecule has 26 heavy (non-hydrogen) atoms. The van der Waals surface area contributed by atoms with Crippen molar-refractivity contribution in [2.45, 2.75) is 31.2 Å². The zero-order chi connectivity index (χ0) is 18.1. The molecule has 2 heterocycles. The van der Waals surface area contributed by atoms with E-state index in [4.69, 9.17) is 5.26 Å². The number of carbonyl (C=O) groups excluding carboxylic acids is 1. The molecule has 0 atom stereocenters. The Bertz CT molecular complexity index is 1050. The molecule has 0 fully saturated rings. The second-order valence-electron chi connectivity index (χ2n) is 6.14. The molecule has 1 amide bonds. The molecule has 130 valence electrons. The first-order valence-electron chi connectivity index (χ1n) is 8.36. The van der Waals surface area contributed by atoms with Gasteiger partial charge in [0.1, 0.15) is 15.7 Å². The van der Waals surface area contributed by atoms with Crippen molar-refractivity contribution in [3.63, 3.8) is 0 Å². The molecule has 5 nitrogen and oxygen atoms in total. The number of amides is 1. The standard InChI is InChI=1S/C19H16N4OS2/c1-11-21-18(17-14-6-3-7-15(14)26-19(17)22-11)25-10-16(24)23-13-5-2-4-12(8-13)9-20/h2,4-5,8H,3,6-7,10H2,1H3,(H,23,24). The van der Waals surface area contributed by atoms with Gasteiger partial charge < -0.3 is 5.32 Å². The highest BCUT2D eigenvalue weighted by molar-refractivity contribution is 8.00. The summed E-state index contributed by atoms with van der Waals surface area (Å²) < 4.78 is 0. The third-order valence-electron chi connectivity index (χ3n) is 4.26. The summed E-state index contributed by atoms with van der Waals surface area (Å²) in [6.07, 6.45) is 3.38. The number of nitriles is 1. The Kier molecular flexibility index (Phi) is 4.62. The van der Waals surface area contributed by atoms with Crippen molar-refractivity contribution in [3.05, 3.63) is 46.1 Å². The molecule has 2 aromatic heterocycles. The van der Waals surface area contributed by atoms with Crippen LogP contribution in [-0.2, 0) is 17.6 Å². The van der Waals surface area contributed by atoms with Crippen LogP contribution in [-0.4, -0.2) is 21.6 Å². The number of nitrogens with one attached hydrogen (secondary N) is 1. The van der Waals surface area contributed by atoms with Gasteiger partial charge in [-0.2, -0.15) is 5.26 Å². The minimum Gasteiger partial charge on any atom is -0.325 e. The van der Waals surface area contributed by atoms with E-state index in [2.05, 4.69) is 21.4 Å². The number of aromatic nitrogens is 2. The number of thioether (sulfide) groups is 1.